The number of hydrogen-bond donors (Lipinski definition) is 0. The fraction of sp³-hybridized carbons (Fsp3) is 0.556. The van der Waals surface area contributed by atoms with Crippen molar-refractivity contribution in [2.45, 2.75) is 52.1 Å². The van der Waals surface area contributed by atoms with Gasteiger partial charge in [0, 0.05) is 36.1 Å². The Morgan fingerprint density at radius 1 is 1.38 bits per heavy atom. The molecule has 0 aliphatic carbocycles. The summed E-state index contributed by atoms with van der Waals surface area (Å²) in [5, 5.41) is 6.04. The van der Waals surface area contributed by atoms with Crippen LogP contribution in [0.3, 0.4) is 0 Å². The summed E-state index contributed by atoms with van der Waals surface area (Å²) < 4.78 is 10.7. The number of amides is 1. The first-order valence-electron chi connectivity index (χ1n) is 8.46. The lowest BCUT2D eigenvalue weighted by Gasteiger charge is -2.34. The highest BCUT2D eigenvalue weighted by atomic mass is 32.1. The molecule has 1 amide bonds. The molecule has 5 nitrogen and oxygen atoms in total. The Labute approximate surface area is 146 Å². The maximum atomic E-state index is 12.9. The van der Waals surface area contributed by atoms with Crippen molar-refractivity contribution in [3.05, 3.63) is 39.4 Å². The van der Waals surface area contributed by atoms with E-state index in [1.807, 2.05) is 24.8 Å². The van der Waals surface area contributed by atoms with Gasteiger partial charge in [-0.25, -0.2) is 0 Å². The van der Waals surface area contributed by atoms with Gasteiger partial charge >= 0.3 is 0 Å². The van der Waals surface area contributed by atoms with Gasteiger partial charge in [-0.3, -0.25) is 4.79 Å². The summed E-state index contributed by atoms with van der Waals surface area (Å²) in [6.45, 7) is 6.01. The number of rotatable bonds is 6. The van der Waals surface area contributed by atoms with Crippen molar-refractivity contribution in [1.29, 1.82) is 0 Å². The highest BCUT2D eigenvalue weighted by molar-refractivity contribution is 7.09. The molecule has 1 saturated heterocycles. The Morgan fingerprint density at radius 3 is 2.79 bits per heavy atom. The number of ether oxygens (including phenoxy) is 1. The van der Waals surface area contributed by atoms with Crippen LogP contribution in [0.1, 0.15) is 41.2 Å². The van der Waals surface area contributed by atoms with E-state index < -0.39 is 0 Å². The molecule has 2 aromatic rings. The monoisotopic (exact) mass is 348 g/mol. The summed E-state index contributed by atoms with van der Waals surface area (Å²) in [6, 6.07) is 4.41. The number of hydrogen-bond acceptors (Lipinski definition) is 5. The maximum absolute atomic E-state index is 12.9. The van der Waals surface area contributed by atoms with E-state index in [2.05, 4.69) is 16.6 Å². The number of aryl methyl sites for hydroxylation is 2. The minimum absolute atomic E-state index is 0.204. The molecule has 0 saturated carbocycles. The first-order chi connectivity index (χ1) is 11.6. The third-order valence-corrected chi connectivity index (χ3v) is 5.49. The number of carbonyl (C=O) groups excluding carboxylic acids is 1. The first kappa shape index (κ1) is 17.2. The number of thiophene rings is 1. The van der Waals surface area contributed by atoms with Crippen LogP contribution >= 0.6 is 11.3 Å². The van der Waals surface area contributed by atoms with Gasteiger partial charge in [0.2, 0.25) is 5.91 Å². The molecule has 1 fully saturated rings. The van der Waals surface area contributed by atoms with Gasteiger partial charge in [0.05, 0.1) is 12.2 Å². The van der Waals surface area contributed by atoms with Crippen molar-refractivity contribution < 1.29 is 14.1 Å². The van der Waals surface area contributed by atoms with Gasteiger partial charge in [-0.1, -0.05) is 11.2 Å². The topological polar surface area (TPSA) is 55.6 Å². The van der Waals surface area contributed by atoms with Crippen LogP contribution in [0.15, 0.2) is 22.0 Å². The van der Waals surface area contributed by atoms with Crippen LogP contribution in [0.5, 0.6) is 0 Å². The highest BCUT2D eigenvalue weighted by Gasteiger charge is 2.26. The predicted octanol–water partition coefficient (Wildman–Crippen LogP) is 3.49. The lowest BCUT2D eigenvalue weighted by molar-refractivity contribution is -0.136. The van der Waals surface area contributed by atoms with E-state index >= 15 is 0 Å². The second-order valence-corrected chi connectivity index (χ2v) is 7.28. The molecular formula is C18H24N2O3S. The number of nitrogens with zero attached hydrogens (tertiary/aromatic N) is 2. The smallest absolute Gasteiger partial charge is 0.223 e. The van der Waals surface area contributed by atoms with E-state index in [-0.39, 0.29) is 11.9 Å². The molecule has 0 atom stereocenters. The van der Waals surface area contributed by atoms with Crippen LogP contribution in [0.2, 0.25) is 0 Å². The summed E-state index contributed by atoms with van der Waals surface area (Å²) >= 11 is 1.70. The van der Waals surface area contributed by atoms with E-state index in [0.29, 0.717) is 19.4 Å². The Balaban J connectivity index is 1.68. The zero-order chi connectivity index (χ0) is 16.9. The second kappa shape index (κ2) is 7.94. The first-order valence-corrected chi connectivity index (χ1v) is 9.34. The molecule has 0 unspecified atom stereocenters. The minimum Gasteiger partial charge on any atom is -0.381 e. The van der Waals surface area contributed by atoms with Crippen LogP contribution in [0.4, 0.5) is 0 Å². The lowest BCUT2D eigenvalue weighted by Crippen LogP contribution is -2.42. The molecule has 130 valence electrons. The second-order valence-electron chi connectivity index (χ2n) is 6.25. The molecule has 0 N–H and O–H groups in total. The molecule has 0 spiro atoms. The van der Waals surface area contributed by atoms with Crippen LogP contribution in [0.25, 0.3) is 0 Å². The van der Waals surface area contributed by atoms with Crippen molar-refractivity contribution in [3.8, 4) is 0 Å². The molecule has 2 aromatic heterocycles. The zero-order valence-electron chi connectivity index (χ0n) is 14.3. The fourth-order valence-corrected chi connectivity index (χ4v) is 3.93. The van der Waals surface area contributed by atoms with Crippen molar-refractivity contribution in [2.75, 3.05) is 13.2 Å². The Morgan fingerprint density at radius 2 is 2.17 bits per heavy atom. The average Bonchev–Trinajstić information content (AvgIpc) is 3.22. The number of carbonyl (C=O) groups is 1. The van der Waals surface area contributed by atoms with E-state index in [1.165, 1.54) is 4.88 Å². The maximum Gasteiger partial charge on any atom is 0.223 e. The van der Waals surface area contributed by atoms with Gasteiger partial charge in [0.15, 0.2) is 0 Å². The van der Waals surface area contributed by atoms with E-state index in [1.54, 1.807) is 11.3 Å². The highest BCUT2D eigenvalue weighted by Crippen LogP contribution is 2.22. The zero-order valence-corrected chi connectivity index (χ0v) is 15.1. The Kier molecular flexibility index (Phi) is 5.68. The van der Waals surface area contributed by atoms with Crippen LogP contribution in [-0.4, -0.2) is 35.2 Å². The summed E-state index contributed by atoms with van der Waals surface area (Å²) in [5.74, 6) is 1.02. The van der Waals surface area contributed by atoms with Crippen molar-refractivity contribution in [1.82, 2.24) is 10.1 Å². The molecular weight excluding hydrogens is 324 g/mol. The van der Waals surface area contributed by atoms with Gasteiger partial charge in [-0.2, -0.15) is 0 Å². The molecule has 1 aliphatic heterocycles. The number of aromatic nitrogens is 1. The van der Waals surface area contributed by atoms with Gasteiger partial charge in [-0.15, -0.1) is 11.3 Å². The predicted molar refractivity (Wildman–Crippen MR) is 93.0 cm³/mol. The van der Waals surface area contributed by atoms with Crippen molar-refractivity contribution in [3.63, 3.8) is 0 Å². The summed E-state index contributed by atoms with van der Waals surface area (Å²) in [5.41, 5.74) is 1.95. The Hall–Kier alpha value is -1.66. The summed E-state index contributed by atoms with van der Waals surface area (Å²) in [4.78, 5) is 16.2. The normalized spacial score (nSPS) is 15.6. The standard InChI is InChI=1S/C18H24N2O3S/c1-13-17(14(2)23-19-13)5-6-18(21)20(12-16-4-3-11-24-16)15-7-9-22-10-8-15/h3-4,11,15H,5-10,12H2,1-2H3. The van der Waals surface area contributed by atoms with Gasteiger partial charge in [0.1, 0.15) is 5.76 Å². The van der Waals surface area contributed by atoms with E-state index in [9.17, 15) is 4.79 Å². The summed E-state index contributed by atoms with van der Waals surface area (Å²) in [6.07, 6.45) is 3.01. The fourth-order valence-electron chi connectivity index (χ4n) is 3.22. The average molecular weight is 348 g/mol. The molecule has 3 rings (SSSR count). The van der Waals surface area contributed by atoms with Crippen LogP contribution in [0, 0.1) is 13.8 Å². The van der Waals surface area contributed by atoms with E-state index in [0.717, 1.165) is 43.1 Å². The van der Waals surface area contributed by atoms with Gasteiger partial charge in [-0.05, 0) is 44.6 Å². The SMILES string of the molecule is Cc1noc(C)c1CCC(=O)N(Cc1cccs1)C1CCOCC1. The molecule has 0 radical (unpaired) electrons. The lowest BCUT2D eigenvalue weighted by atomic mass is 10.0. The summed E-state index contributed by atoms with van der Waals surface area (Å²) in [7, 11) is 0. The molecule has 1 aliphatic rings. The minimum atomic E-state index is 0.204. The van der Waals surface area contributed by atoms with Crippen molar-refractivity contribution in [2.24, 2.45) is 0 Å². The quantitative estimate of drug-likeness (QED) is 0.802. The molecule has 24 heavy (non-hydrogen) atoms. The molecule has 6 heteroatoms. The third-order valence-electron chi connectivity index (χ3n) is 4.63. The largest absolute Gasteiger partial charge is 0.381 e. The van der Waals surface area contributed by atoms with Gasteiger partial charge < -0.3 is 14.2 Å². The Bertz CT molecular complexity index is 640. The van der Waals surface area contributed by atoms with Crippen LogP contribution < -0.4 is 0 Å². The molecule has 0 aromatic carbocycles. The molecule has 3 heterocycles. The third kappa shape index (κ3) is 4.05. The molecule has 0 bridgehead atoms. The van der Waals surface area contributed by atoms with Gasteiger partial charge in [0.25, 0.3) is 0 Å². The van der Waals surface area contributed by atoms with Crippen LogP contribution in [-0.2, 0) is 22.5 Å². The van der Waals surface area contributed by atoms with Crippen molar-refractivity contribution >= 4 is 17.2 Å². The van der Waals surface area contributed by atoms with E-state index in [4.69, 9.17) is 9.26 Å².